The largest absolute Gasteiger partial charge is 0.467 e. The number of fused-ring (bicyclic) bond motifs is 4. The summed E-state index contributed by atoms with van der Waals surface area (Å²) in [5, 5.41) is 11.9. The molecule has 152 valence electrons. The van der Waals surface area contributed by atoms with Crippen molar-refractivity contribution in [3.63, 3.8) is 0 Å². The molecule has 30 heavy (non-hydrogen) atoms. The highest BCUT2D eigenvalue weighted by molar-refractivity contribution is 6.30. The minimum absolute atomic E-state index is 0.0796. The average molecular weight is 421 g/mol. The summed E-state index contributed by atoms with van der Waals surface area (Å²) >= 11 is 6.20. The van der Waals surface area contributed by atoms with Gasteiger partial charge in [-0.05, 0) is 67.8 Å². The SMILES string of the molecule is CC1(C)c2cc(-c3cccc(Cl)c3)ccc2N2Cc3cc([N+](=O)[O-])ccc3OC21C. The van der Waals surface area contributed by atoms with Gasteiger partial charge in [-0.15, -0.1) is 0 Å². The fourth-order valence-electron chi connectivity index (χ4n) is 4.64. The van der Waals surface area contributed by atoms with E-state index in [1.165, 1.54) is 11.6 Å². The van der Waals surface area contributed by atoms with E-state index in [0.29, 0.717) is 17.3 Å². The van der Waals surface area contributed by atoms with Crippen LogP contribution < -0.4 is 9.64 Å². The Hall–Kier alpha value is -3.05. The van der Waals surface area contributed by atoms with Gasteiger partial charge in [0.1, 0.15) is 5.75 Å². The van der Waals surface area contributed by atoms with Gasteiger partial charge >= 0.3 is 0 Å². The summed E-state index contributed by atoms with van der Waals surface area (Å²) in [4.78, 5) is 13.1. The number of rotatable bonds is 2. The molecular formula is C24H21ClN2O3. The second kappa shape index (κ2) is 6.22. The summed E-state index contributed by atoms with van der Waals surface area (Å²) in [6.07, 6.45) is 0. The minimum Gasteiger partial charge on any atom is -0.467 e. The molecule has 0 N–H and O–H groups in total. The zero-order valence-electron chi connectivity index (χ0n) is 17.0. The van der Waals surface area contributed by atoms with Gasteiger partial charge in [0.2, 0.25) is 0 Å². The highest BCUT2D eigenvalue weighted by Gasteiger charge is 2.58. The highest BCUT2D eigenvalue weighted by atomic mass is 35.5. The van der Waals surface area contributed by atoms with E-state index < -0.39 is 5.72 Å². The van der Waals surface area contributed by atoms with Crippen molar-refractivity contribution in [2.45, 2.75) is 38.5 Å². The van der Waals surface area contributed by atoms with E-state index in [0.717, 1.165) is 22.4 Å². The normalized spacial score (nSPS) is 20.7. The average Bonchev–Trinajstić information content (AvgIpc) is 2.88. The summed E-state index contributed by atoms with van der Waals surface area (Å²) < 4.78 is 6.52. The van der Waals surface area contributed by atoms with Gasteiger partial charge in [0.05, 0.1) is 16.9 Å². The maximum atomic E-state index is 11.2. The monoisotopic (exact) mass is 420 g/mol. The van der Waals surface area contributed by atoms with E-state index in [9.17, 15) is 10.1 Å². The van der Waals surface area contributed by atoms with Crippen LogP contribution >= 0.6 is 11.6 Å². The molecule has 5 rings (SSSR count). The Balaban J connectivity index is 1.63. The standard InChI is InChI=1S/C24H21ClN2O3/c1-23(2)20-13-16(15-5-4-6-18(25)11-15)7-9-21(20)26-14-17-12-19(27(28)29)8-10-22(17)30-24(23,26)3/h4-13H,14H2,1-3H3. The second-order valence-electron chi connectivity index (χ2n) is 8.59. The van der Waals surface area contributed by atoms with Gasteiger partial charge in [-0.2, -0.15) is 0 Å². The van der Waals surface area contributed by atoms with Crippen LogP contribution in [0, 0.1) is 10.1 Å². The van der Waals surface area contributed by atoms with Crippen molar-refractivity contribution < 1.29 is 9.66 Å². The fraction of sp³-hybridized carbons (Fsp3) is 0.250. The molecule has 5 nitrogen and oxygen atoms in total. The molecule has 3 aromatic carbocycles. The van der Waals surface area contributed by atoms with E-state index >= 15 is 0 Å². The van der Waals surface area contributed by atoms with Crippen LogP contribution in [-0.4, -0.2) is 10.6 Å². The smallest absolute Gasteiger partial charge is 0.270 e. The van der Waals surface area contributed by atoms with Crippen molar-refractivity contribution in [1.82, 2.24) is 0 Å². The number of nitro benzene ring substituents is 1. The van der Waals surface area contributed by atoms with Crippen molar-refractivity contribution >= 4 is 23.0 Å². The maximum absolute atomic E-state index is 11.2. The molecule has 2 heterocycles. The van der Waals surface area contributed by atoms with Gasteiger partial charge < -0.3 is 9.64 Å². The third kappa shape index (κ3) is 2.55. The summed E-state index contributed by atoms with van der Waals surface area (Å²) in [5.41, 5.74) is 4.43. The first-order chi connectivity index (χ1) is 14.2. The van der Waals surface area contributed by atoms with Gasteiger partial charge in [-0.25, -0.2) is 0 Å². The number of halogens is 1. The lowest BCUT2D eigenvalue weighted by molar-refractivity contribution is -0.385. The zero-order valence-corrected chi connectivity index (χ0v) is 17.7. The van der Waals surface area contributed by atoms with Gasteiger partial charge in [0.25, 0.3) is 5.69 Å². The molecule has 6 heteroatoms. The minimum atomic E-state index is -0.606. The van der Waals surface area contributed by atoms with Crippen LogP contribution in [0.5, 0.6) is 5.75 Å². The molecule has 2 aliphatic heterocycles. The first-order valence-corrected chi connectivity index (χ1v) is 10.2. The first kappa shape index (κ1) is 18.9. The van der Waals surface area contributed by atoms with Gasteiger partial charge in [0, 0.05) is 28.4 Å². The molecule has 0 aromatic heterocycles. The Labute approximate surface area is 180 Å². The van der Waals surface area contributed by atoms with Crippen molar-refractivity contribution in [1.29, 1.82) is 0 Å². The van der Waals surface area contributed by atoms with Crippen LogP contribution in [0.15, 0.2) is 60.7 Å². The third-order valence-electron chi connectivity index (χ3n) is 6.69. The number of anilines is 1. The molecule has 0 saturated heterocycles. The summed E-state index contributed by atoms with van der Waals surface area (Å²) in [5.74, 6) is 0.704. The number of nitro groups is 1. The Morgan fingerprint density at radius 3 is 2.53 bits per heavy atom. The van der Waals surface area contributed by atoms with Crippen molar-refractivity contribution in [2.24, 2.45) is 0 Å². The topological polar surface area (TPSA) is 55.6 Å². The van der Waals surface area contributed by atoms with Crippen molar-refractivity contribution in [2.75, 3.05) is 4.90 Å². The second-order valence-corrected chi connectivity index (χ2v) is 9.02. The van der Waals surface area contributed by atoms with Crippen LogP contribution in [-0.2, 0) is 12.0 Å². The molecule has 0 saturated carbocycles. The Morgan fingerprint density at radius 1 is 1.03 bits per heavy atom. The lowest BCUT2D eigenvalue weighted by Crippen LogP contribution is -2.59. The van der Waals surface area contributed by atoms with Crippen molar-refractivity contribution in [3.05, 3.63) is 86.9 Å². The Bertz CT molecular complexity index is 1210. The quantitative estimate of drug-likeness (QED) is 0.359. The van der Waals surface area contributed by atoms with Crippen LogP contribution in [0.2, 0.25) is 5.02 Å². The third-order valence-corrected chi connectivity index (χ3v) is 6.92. The van der Waals surface area contributed by atoms with Crippen molar-refractivity contribution in [3.8, 4) is 16.9 Å². The maximum Gasteiger partial charge on any atom is 0.270 e. The summed E-state index contributed by atoms with van der Waals surface area (Å²) in [6, 6.07) is 19.1. The highest BCUT2D eigenvalue weighted by Crippen LogP contribution is 2.56. The molecule has 0 radical (unpaired) electrons. The number of non-ortho nitro benzene ring substituents is 1. The Kier molecular flexibility index (Phi) is 3.93. The molecule has 1 unspecified atom stereocenters. The van der Waals surface area contributed by atoms with Crippen LogP contribution in [0.25, 0.3) is 11.1 Å². The fourth-order valence-corrected chi connectivity index (χ4v) is 4.83. The number of nitrogens with zero attached hydrogens (tertiary/aromatic N) is 2. The Morgan fingerprint density at radius 2 is 1.80 bits per heavy atom. The molecule has 3 aromatic rings. The predicted molar refractivity (Wildman–Crippen MR) is 118 cm³/mol. The van der Waals surface area contributed by atoms with E-state index in [1.807, 2.05) is 18.2 Å². The molecule has 0 spiro atoms. The number of benzene rings is 3. The van der Waals surface area contributed by atoms with E-state index in [1.54, 1.807) is 12.1 Å². The number of ether oxygens (including phenoxy) is 1. The van der Waals surface area contributed by atoms with E-state index in [-0.39, 0.29) is 16.0 Å². The molecule has 0 amide bonds. The van der Waals surface area contributed by atoms with Crippen LogP contribution in [0.1, 0.15) is 31.9 Å². The molecule has 1 atom stereocenters. The van der Waals surface area contributed by atoms with Gasteiger partial charge in [-0.3, -0.25) is 10.1 Å². The summed E-state index contributed by atoms with van der Waals surface area (Å²) in [7, 11) is 0. The predicted octanol–water partition coefficient (Wildman–Crippen LogP) is 6.32. The lowest BCUT2D eigenvalue weighted by atomic mass is 9.77. The molecule has 0 bridgehead atoms. The number of hydrogen-bond donors (Lipinski definition) is 0. The first-order valence-electron chi connectivity index (χ1n) is 9.85. The summed E-state index contributed by atoms with van der Waals surface area (Å²) in [6.45, 7) is 7.02. The van der Waals surface area contributed by atoms with Gasteiger partial charge in [-0.1, -0.05) is 29.8 Å². The van der Waals surface area contributed by atoms with Crippen LogP contribution in [0.4, 0.5) is 11.4 Å². The lowest BCUT2D eigenvalue weighted by Gasteiger charge is -2.48. The van der Waals surface area contributed by atoms with Gasteiger partial charge in [0.15, 0.2) is 5.72 Å². The molecule has 0 fully saturated rings. The number of hydrogen-bond acceptors (Lipinski definition) is 4. The van der Waals surface area contributed by atoms with E-state index in [4.69, 9.17) is 16.3 Å². The zero-order chi connectivity index (χ0) is 21.3. The van der Waals surface area contributed by atoms with Crippen LogP contribution in [0.3, 0.4) is 0 Å². The van der Waals surface area contributed by atoms with E-state index in [2.05, 4.69) is 49.9 Å². The molecular weight excluding hydrogens is 400 g/mol. The molecule has 0 aliphatic carbocycles. The molecule has 2 aliphatic rings.